The van der Waals surface area contributed by atoms with Gasteiger partial charge in [-0.2, -0.15) is 0 Å². The first-order valence-electron chi connectivity index (χ1n) is 8.22. The van der Waals surface area contributed by atoms with Crippen molar-refractivity contribution in [1.29, 1.82) is 5.41 Å². The first-order valence-corrected chi connectivity index (χ1v) is 10.2. The second kappa shape index (κ2) is 7.01. The van der Waals surface area contributed by atoms with E-state index in [1.54, 1.807) is 31.2 Å². The largest absolute Gasteiger partial charge is 0.381 e. The third-order valence-electron chi connectivity index (χ3n) is 4.57. The Kier molecular flexibility index (Phi) is 5.05. The summed E-state index contributed by atoms with van der Waals surface area (Å²) in [5.41, 5.74) is 0.584. The Labute approximate surface area is 162 Å². The van der Waals surface area contributed by atoms with Crippen molar-refractivity contribution in [1.82, 2.24) is 9.62 Å². The molecule has 1 heterocycles. The van der Waals surface area contributed by atoms with Crippen LogP contribution in [0.4, 0.5) is 10.1 Å². The van der Waals surface area contributed by atoms with Crippen LogP contribution in [-0.4, -0.2) is 31.5 Å². The van der Waals surface area contributed by atoms with E-state index in [2.05, 4.69) is 10.6 Å². The zero-order chi connectivity index (χ0) is 19.8. The molecule has 1 fully saturated rings. The summed E-state index contributed by atoms with van der Waals surface area (Å²) in [5, 5.41) is 14.5. The molecule has 27 heavy (non-hydrogen) atoms. The van der Waals surface area contributed by atoms with Gasteiger partial charge in [0, 0.05) is 29.9 Å². The van der Waals surface area contributed by atoms with Crippen molar-refractivity contribution in [3.8, 4) is 0 Å². The van der Waals surface area contributed by atoms with Gasteiger partial charge in [0.25, 0.3) is 0 Å². The molecule has 1 atom stereocenters. The predicted octanol–water partition coefficient (Wildman–Crippen LogP) is 3.11. The summed E-state index contributed by atoms with van der Waals surface area (Å²) < 4.78 is 40.0. The van der Waals surface area contributed by atoms with Crippen molar-refractivity contribution in [3.63, 3.8) is 0 Å². The number of guanidine groups is 1. The van der Waals surface area contributed by atoms with Gasteiger partial charge < -0.3 is 10.6 Å². The molecule has 0 aliphatic carbocycles. The quantitative estimate of drug-likeness (QED) is 0.723. The van der Waals surface area contributed by atoms with Gasteiger partial charge in [-0.25, -0.2) is 17.1 Å². The maximum absolute atomic E-state index is 14.5. The van der Waals surface area contributed by atoms with Gasteiger partial charge in [0.15, 0.2) is 0 Å². The van der Waals surface area contributed by atoms with Crippen LogP contribution in [0.3, 0.4) is 0 Å². The normalized spacial score (nSPS) is 21.6. The number of rotatable bonds is 4. The van der Waals surface area contributed by atoms with Crippen LogP contribution in [0.15, 0.2) is 42.5 Å². The number of benzene rings is 2. The first-order chi connectivity index (χ1) is 12.6. The summed E-state index contributed by atoms with van der Waals surface area (Å²) in [7, 11) is -2.41. The number of hydrogen-bond acceptors (Lipinski definition) is 4. The van der Waals surface area contributed by atoms with Crippen LogP contribution in [0.1, 0.15) is 18.1 Å². The van der Waals surface area contributed by atoms with Crippen LogP contribution in [0, 0.1) is 11.2 Å². The molecule has 1 aliphatic heterocycles. The summed E-state index contributed by atoms with van der Waals surface area (Å²) >= 11 is 5.87. The third-order valence-corrected chi connectivity index (χ3v) is 6.78. The molecule has 0 spiro atoms. The van der Waals surface area contributed by atoms with Gasteiger partial charge >= 0.3 is 0 Å². The molecule has 3 rings (SSSR count). The molecule has 2 aromatic carbocycles. The summed E-state index contributed by atoms with van der Waals surface area (Å²) in [6.07, 6.45) is 0. The predicted molar refractivity (Wildman–Crippen MR) is 105 cm³/mol. The topological polar surface area (TPSA) is 85.3 Å². The van der Waals surface area contributed by atoms with Crippen LogP contribution in [0.2, 0.25) is 5.02 Å². The second-order valence-corrected chi connectivity index (χ2v) is 9.14. The van der Waals surface area contributed by atoms with Crippen molar-refractivity contribution in [2.45, 2.75) is 19.0 Å². The minimum absolute atomic E-state index is 0.185. The van der Waals surface area contributed by atoms with Crippen LogP contribution < -0.4 is 10.6 Å². The van der Waals surface area contributed by atoms with E-state index in [4.69, 9.17) is 17.0 Å². The van der Waals surface area contributed by atoms with Gasteiger partial charge in [0.05, 0.1) is 11.3 Å². The van der Waals surface area contributed by atoms with E-state index in [0.29, 0.717) is 17.3 Å². The number of anilines is 1. The maximum atomic E-state index is 14.5. The van der Waals surface area contributed by atoms with E-state index >= 15 is 0 Å². The monoisotopic (exact) mass is 410 g/mol. The Morgan fingerprint density at radius 2 is 1.96 bits per heavy atom. The molecule has 0 saturated carbocycles. The fourth-order valence-corrected chi connectivity index (χ4v) is 4.59. The van der Waals surface area contributed by atoms with E-state index in [9.17, 15) is 12.8 Å². The number of nitrogens with zero attached hydrogens (tertiary/aromatic N) is 1. The highest BCUT2D eigenvalue weighted by Gasteiger charge is 2.43. The van der Waals surface area contributed by atoms with E-state index in [-0.39, 0.29) is 17.3 Å². The summed E-state index contributed by atoms with van der Waals surface area (Å²) in [6.45, 7) is 2.08. The minimum atomic E-state index is -3.71. The Morgan fingerprint density at radius 1 is 1.30 bits per heavy atom. The van der Waals surface area contributed by atoms with E-state index in [0.717, 1.165) is 9.87 Å². The van der Waals surface area contributed by atoms with Gasteiger partial charge in [-0.15, -0.1) is 0 Å². The highest BCUT2D eigenvalue weighted by Crippen LogP contribution is 2.31. The number of sulfonamides is 1. The Bertz CT molecular complexity index is 981. The second-order valence-electron chi connectivity index (χ2n) is 6.70. The fourth-order valence-electron chi connectivity index (χ4n) is 2.99. The van der Waals surface area contributed by atoms with Gasteiger partial charge in [-0.05, 0) is 42.8 Å². The first kappa shape index (κ1) is 19.4. The molecule has 144 valence electrons. The van der Waals surface area contributed by atoms with Crippen molar-refractivity contribution in [2.24, 2.45) is 0 Å². The van der Waals surface area contributed by atoms with Gasteiger partial charge in [-0.3, -0.25) is 5.41 Å². The minimum Gasteiger partial charge on any atom is -0.381 e. The molecule has 0 radical (unpaired) electrons. The molecular formula is C18H20ClFN4O2S. The van der Waals surface area contributed by atoms with Gasteiger partial charge in [-0.1, -0.05) is 23.7 Å². The highest BCUT2D eigenvalue weighted by molar-refractivity contribution is 7.89. The number of nitrogens with one attached hydrogen (secondary N) is 3. The lowest BCUT2D eigenvalue weighted by atomic mass is 9.93. The molecule has 9 heteroatoms. The molecule has 1 unspecified atom stereocenters. The summed E-state index contributed by atoms with van der Waals surface area (Å²) in [5.74, 6) is -1.17. The molecular weight excluding hydrogens is 391 g/mol. The molecule has 1 saturated heterocycles. The lowest BCUT2D eigenvalue weighted by molar-refractivity contribution is 0.403. The van der Waals surface area contributed by atoms with E-state index < -0.39 is 21.4 Å². The zero-order valence-corrected chi connectivity index (χ0v) is 16.5. The van der Waals surface area contributed by atoms with Crippen molar-refractivity contribution < 1.29 is 12.8 Å². The smallest absolute Gasteiger partial charge is 0.239 e. The van der Waals surface area contributed by atoms with Crippen molar-refractivity contribution in [3.05, 3.63) is 64.4 Å². The lowest BCUT2D eigenvalue weighted by Gasteiger charge is -2.40. The van der Waals surface area contributed by atoms with E-state index in [1.165, 1.54) is 13.1 Å². The van der Waals surface area contributed by atoms with Gasteiger partial charge in [0.1, 0.15) is 5.82 Å². The average Bonchev–Trinajstić information content (AvgIpc) is 2.60. The van der Waals surface area contributed by atoms with Crippen LogP contribution in [0.25, 0.3) is 0 Å². The molecule has 0 amide bonds. The fraction of sp³-hybridized carbons (Fsp3) is 0.278. The highest BCUT2D eigenvalue weighted by atomic mass is 35.5. The lowest BCUT2D eigenvalue weighted by Crippen LogP contribution is -2.61. The number of halogens is 2. The van der Waals surface area contributed by atoms with Crippen LogP contribution in [-0.2, 0) is 22.1 Å². The molecule has 2 aromatic rings. The SMILES string of the molecule is CN1C(=N)NC(C)(c2cc(NCc3ccc(Cl)cc3)ccc2F)CS1(=O)=O. The molecule has 1 aliphatic rings. The zero-order valence-electron chi connectivity index (χ0n) is 14.9. The van der Waals surface area contributed by atoms with E-state index in [1.807, 2.05) is 12.1 Å². The molecule has 6 nitrogen and oxygen atoms in total. The van der Waals surface area contributed by atoms with Crippen LogP contribution >= 0.6 is 11.6 Å². The van der Waals surface area contributed by atoms with Crippen molar-refractivity contribution in [2.75, 3.05) is 18.1 Å². The summed E-state index contributed by atoms with van der Waals surface area (Å²) in [4.78, 5) is 0. The Morgan fingerprint density at radius 3 is 2.59 bits per heavy atom. The Balaban J connectivity index is 1.86. The van der Waals surface area contributed by atoms with Crippen LogP contribution in [0.5, 0.6) is 0 Å². The average molecular weight is 411 g/mol. The third kappa shape index (κ3) is 4.01. The molecule has 0 bridgehead atoms. The summed E-state index contributed by atoms with van der Waals surface area (Å²) in [6, 6.07) is 11.8. The molecule has 3 N–H and O–H groups in total. The van der Waals surface area contributed by atoms with Crippen molar-refractivity contribution >= 4 is 33.3 Å². The van der Waals surface area contributed by atoms with Gasteiger partial charge in [0.2, 0.25) is 16.0 Å². The molecule has 0 aromatic heterocycles. The number of hydrogen-bond donors (Lipinski definition) is 3. The Hall–Kier alpha value is -2.32. The standard InChI is InChI=1S/C18H20ClFN4O2S/c1-18(11-27(25,26)24(2)17(21)23-18)15-9-14(7-8-16(15)20)22-10-12-3-5-13(19)6-4-12/h3-9,22H,10-11H2,1-2H3,(H2,21,23). The maximum Gasteiger partial charge on any atom is 0.239 e.